The highest BCUT2D eigenvalue weighted by atomic mass is 15.2. The zero-order valence-corrected chi connectivity index (χ0v) is 47.1. The number of rotatable bonds is 3. The molecule has 1 atom stereocenters. The summed E-state index contributed by atoms with van der Waals surface area (Å²) in [5, 5.41) is 5.09. The van der Waals surface area contributed by atoms with Crippen molar-refractivity contribution in [3.8, 4) is 44.8 Å². The number of aromatic nitrogens is 2. The van der Waals surface area contributed by atoms with Gasteiger partial charge in [-0.15, -0.1) is 0 Å². The molecule has 4 bridgehead atoms. The van der Waals surface area contributed by atoms with Crippen molar-refractivity contribution < 1.29 is 0 Å². The van der Waals surface area contributed by atoms with E-state index in [0.717, 1.165) is 12.1 Å². The van der Waals surface area contributed by atoms with Gasteiger partial charge in [0.15, 0.2) is 0 Å². The predicted octanol–water partition coefficient (Wildman–Crippen LogP) is 18.0. The molecule has 0 N–H and O–H groups in total. The Morgan fingerprint density at radius 2 is 1.16 bits per heavy atom. The van der Waals surface area contributed by atoms with E-state index in [1.165, 1.54) is 150 Å². The molecule has 15 rings (SSSR count). The van der Waals surface area contributed by atoms with Crippen LogP contribution in [0.5, 0.6) is 0 Å². The van der Waals surface area contributed by atoms with Crippen LogP contribution in [-0.4, -0.2) is 15.8 Å². The second-order valence-electron chi connectivity index (χ2n) is 25.8. The Bertz CT molecular complexity index is 4350. The SMILES string of the molecule is C=CC1=C(CC)N2C(=C)/C(=C\C)C3(C)c4ccc(cc4)-c4cc(-c5ccc(C(C)(C)C)cc5)cc(c4)-c4cccc5c6ccccc6n(c45)-c4cc5c(c2c43)B1c1cc(C(C)(C)C)cc2c3cc(C(C)(C)C)ccc3n-5c12. The van der Waals surface area contributed by atoms with Gasteiger partial charge in [-0.05, 0) is 157 Å². The summed E-state index contributed by atoms with van der Waals surface area (Å²) in [6.45, 7) is 37.8. The van der Waals surface area contributed by atoms with Crippen molar-refractivity contribution in [3.05, 3.63) is 221 Å². The lowest BCUT2D eigenvalue weighted by Gasteiger charge is -2.52. The van der Waals surface area contributed by atoms with E-state index >= 15 is 0 Å². The van der Waals surface area contributed by atoms with Gasteiger partial charge in [0.05, 0.1) is 22.2 Å². The predicted molar refractivity (Wildman–Crippen MR) is 332 cm³/mol. The van der Waals surface area contributed by atoms with Crippen LogP contribution >= 0.6 is 0 Å². The molecule has 5 aliphatic heterocycles. The van der Waals surface area contributed by atoms with E-state index in [2.05, 4.69) is 255 Å². The van der Waals surface area contributed by atoms with Crippen LogP contribution in [0.25, 0.3) is 88.4 Å². The van der Waals surface area contributed by atoms with Crippen LogP contribution in [0.4, 0.5) is 5.69 Å². The van der Waals surface area contributed by atoms with E-state index in [9.17, 15) is 0 Å². The van der Waals surface area contributed by atoms with Gasteiger partial charge in [0.25, 0.3) is 6.71 Å². The molecule has 0 saturated heterocycles. The molecule has 4 heteroatoms. The summed E-state index contributed by atoms with van der Waals surface area (Å²) in [7, 11) is 0. The Morgan fingerprint density at radius 1 is 0.558 bits per heavy atom. The van der Waals surface area contributed by atoms with Gasteiger partial charge in [-0.3, -0.25) is 0 Å². The molecule has 378 valence electrons. The lowest BCUT2D eigenvalue weighted by Crippen LogP contribution is -2.58. The van der Waals surface area contributed by atoms with E-state index in [1.807, 2.05) is 0 Å². The molecule has 0 saturated carbocycles. The third kappa shape index (κ3) is 6.39. The quantitative estimate of drug-likeness (QED) is 0.161. The summed E-state index contributed by atoms with van der Waals surface area (Å²) in [5.41, 5.74) is 29.1. The first-order valence-corrected chi connectivity index (χ1v) is 28.0. The van der Waals surface area contributed by atoms with Crippen molar-refractivity contribution in [3.63, 3.8) is 0 Å². The maximum atomic E-state index is 5.18. The normalized spacial score (nSPS) is 17.2. The average Bonchev–Trinajstić information content (AvgIpc) is 4.11. The fourth-order valence-corrected chi connectivity index (χ4v) is 14.5. The number of allylic oxidation sites excluding steroid dienone is 5. The summed E-state index contributed by atoms with van der Waals surface area (Å²) in [5.74, 6) is 0. The van der Waals surface area contributed by atoms with Gasteiger partial charge in [0, 0.05) is 66.4 Å². The summed E-state index contributed by atoms with van der Waals surface area (Å²) in [6, 6.07) is 57.2. The third-order valence-electron chi connectivity index (χ3n) is 18.4. The minimum Gasteiger partial charge on any atom is -0.315 e. The largest absolute Gasteiger partial charge is 0.315 e. The Hall–Kier alpha value is -7.82. The number of fused-ring (bicyclic) bond motifs is 9. The fourth-order valence-electron chi connectivity index (χ4n) is 14.5. The Labute approximate surface area is 455 Å². The van der Waals surface area contributed by atoms with Crippen LogP contribution in [0.2, 0.25) is 0 Å². The summed E-state index contributed by atoms with van der Waals surface area (Å²) in [6.07, 6.45) is 5.35. The van der Waals surface area contributed by atoms with Crippen LogP contribution in [-0.2, 0) is 21.7 Å². The maximum absolute atomic E-state index is 5.18. The summed E-state index contributed by atoms with van der Waals surface area (Å²) >= 11 is 0. The first-order valence-electron chi connectivity index (χ1n) is 28.0. The average molecular weight is 998 g/mol. The molecule has 3 nitrogen and oxygen atoms in total. The van der Waals surface area contributed by atoms with E-state index in [1.54, 1.807) is 0 Å². The second-order valence-corrected chi connectivity index (χ2v) is 25.8. The van der Waals surface area contributed by atoms with Crippen LogP contribution in [0.1, 0.15) is 117 Å². The number of nitrogens with zero attached hydrogens (tertiary/aromatic N) is 3. The van der Waals surface area contributed by atoms with Crippen molar-refractivity contribution in [2.24, 2.45) is 0 Å². The molecule has 0 aliphatic carbocycles. The first kappa shape index (κ1) is 47.6. The standard InChI is InChI=1S/C73H68BN3/c1-15-57-42(4)75-60(17-3)58(16-2)74-59-40-51(72(11,12)13)39-56-55-38-50(71(8,9)10)33-34-62(55)77(68(56)59)64-41-63-65(69(75)66(64)74)73(57,14)49-31-27-44(28-32-49)46-35-45(43-25-29-48(30-26-43)70(5,6)7)36-47(37-46)52-22-20-23-54-53-21-18-19-24-61(53)76(63)67(52)54/h15-16,18-41H,2,4,17H2,1,3,5-14H3/b57-15+. The molecule has 1 unspecified atom stereocenters. The molecule has 0 radical (unpaired) electrons. The zero-order valence-electron chi connectivity index (χ0n) is 47.1. The summed E-state index contributed by atoms with van der Waals surface area (Å²) in [4.78, 5) is 2.59. The molecule has 0 fully saturated rings. The third-order valence-corrected chi connectivity index (χ3v) is 18.4. The van der Waals surface area contributed by atoms with E-state index < -0.39 is 5.41 Å². The van der Waals surface area contributed by atoms with E-state index in [4.69, 9.17) is 13.2 Å². The minimum atomic E-state index is -0.641. The van der Waals surface area contributed by atoms with E-state index in [0.29, 0.717) is 0 Å². The molecular formula is C73H68BN3. The van der Waals surface area contributed by atoms with Crippen molar-refractivity contribution in [2.45, 2.75) is 111 Å². The van der Waals surface area contributed by atoms with Gasteiger partial charge in [0.1, 0.15) is 0 Å². The molecule has 7 heterocycles. The Morgan fingerprint density at radius 3 is 1.81 bits per heavy atom. The fraction of sp³-hybridized carbons (Fsp3) is 0.233. The van der Waals surface area contributed by atoms with Crippen molar-refractivity contribution in [2.75, 3.05) is 4.90 Å². The number of hydrogen-bond acceptors (Lipinski definition) is 1. The molecule has 0 amide bonds. The van der Waals surface area contributed by atoms with Crippen LogP contribution in [0, 0.1) is 0 Å². The smallest absolute Gasteiger partial charge is 0.251 e. The van der Waals surface area contributed by atoms with Gasteiger partial charge < -0.3 is 14.0 Å². The minimum absolute atomic E-state index is 0.0292. The van der Waals surface area contributed by atoms with Crippen LogP contribution in [0.15, 0.2) is 193 Å². The molecule has 8 aromatic carbocycles. The Balaban J connectivity index is 1.21. The second kappa shape index (κ2) is 15.9. The highest BCUT2D eigenvalue weighted by molar-refractivity contribution is 6.95. The molecule has 77 heavy (non-hydrogen) atoms. The van der Waals surface area contributed by atoms with Crippen molar-refractivity contribution >= 4 is 66.9 Å². The lowest BCUT2D eigenvalue weighted by atomic mass is 9.32. The van der Waals surface area contributed by atoms with Gasteiger partial charge in [-0.2, -0.15) is 0 Å². The zero-order chi connectivity index (χ0) is 53.6. The number of hydrogen-bond donors (Lipinski definition) is 0. The van der Waals surface area contributed by atoms with Crippen molar-refractivity contribution in [1.82, 2.24) is 9.13 Å². The van der Waals surface area contributed by atoms with Crippen molar-refractivity contribution in [1.29, 1.82) is 0 Å². The Kier molecular flexibility index (Phi) is 9.83. The summed E-state index contributed by atoms with van der Waals surface area (Å²) < 4.78 is 5.33. The lowest BCUT2D eigenvalue weighted by molar-refractivity contribution is 0.590. The number of para-hydroxylation sites is 2. The van der Waals surface area contributed by atoms with Gasteiger partial charge >= 0.3 is 0 Å². The van der Waals surface area contributed by atoms with Crippen LogP contribution < -0.4 is 15.8 Å². The topological polar surface area (TPSA) is 13.1 Å². The first-order chi connectivity index (χ1) is 36.8. The molecule has 5 aliphatic rings. The van der Waals surface area contributed by atoms with Crippen LogP contribution in [0.3, 0.4) is 0 Å². The van der Waals surface area contributed by atoms with Gasteiger partial charge in [-0.1, -0.05) is 192 Å². The number of anilines is 1. The molecule has 0 spiro atoms. The van der Waals surface area contributed by atoms with Gasteiger partial charge in [-0.25, -0.2) is 0 Å². The molecule has 10 aromatic rings. The highest BCUT2D eigenvalue weighted by Gasteiger charge is 2.53. The monoisotopic (exact) mass is 998 g/mol. The molecular weight excluding hydrogens is 930 g/mol. The maximum Gasteiger partial charge on any atom is 0.251 e. The van der Waals surface area contributed by atoms with Gasteiger partial charge in [0.2, 0.25) is 0 Å². The molecule has 2 aromatic heterocycles. The number of benzene rings is 8. The van der Waals surface area contributed by atoms with E-state index in [-0.39, 0.29) is 23.0 Å². The highest BCUT2D eigenvalue weighted by Crippen LogP contribution is 2.58.